The molecule has 0 saturated heterocycles. The smallest absolute Gasteiger partial charge is 0.288 e. The summed E-state index contributed by atoms with van der Waals surface area (Å²) < 4.78 is 12.2. The van der Waals surface area contributed by atoms with Crippen molar-refractivity contribution in [2.45, 2.75) is 6.04 Å². The number of aromatic amines is 1. The molecular formula is C20H16N8O5. The summed E-state index contributed by atoms with van der Waals surface area (Å²) in [7, 11) is 3.05. The predicted octanol–water partition coefficient (Wildman–Crippen LogP) is 2.04. The van der Waals surface area contributed by atoms with Gasteiger partial charge in [0.25, 0.3) is 11.2 Å². The molecule has 1 atom stereocenters. The quantitative estimate of drug-likeness (QED) is 0.300. The molecule has 0 radical (unpaired) electrons. The maximum Gasteiger partial charge on any atom is 0.288 e. The molecule has 3 heterocycles. The molecule has 0 bridgehead atoms. The number of methoxy groups -OCH3 is 2. The molecular weight excluding hydrogens is 432 g/mol. The number of ether oxygens (including phenoxy) is 2. The Morgan fingerprint density at radius 1 is 1.09 bits per heavy atom. The molecule has 0 unspecified atom stereocenters. The maximum absolute atomic E-state index is 12.7. The lowest BCUT2D eigenvalue weighted by Gasteiger charge is -2.27. The summed E-state index contributed by atoms with van der Waals surface area (Å²) in [6.07, 6.45) is 0. The van der Waals surface area contributed by atoms with Crippen molar-refractivity contribution in [2.75, 3.05) is 19.5 Å². The molecule has 4 aromatic rings. The van der Waals surface area contributed by atoms with E-state index in [-0.39, 0.29) is 17.3 Å². The second kappa shape index (κ2) is 7.71. The van der Waals surface area contributed by atoms with E-state index < -0.39 is 16.5 Å². The first kappa shape index (κ1) is 20.1. The van der Waals surface area contributed by atoms with E-state index in [2.05, 4.69) is 31.0 Å². The molecule has 1 aliphatic heterocycles. The second-order valence-electron chi connectivity index (χ2n) is 7.08. The number of nitrogens with one attached hydrogen (secondary N) is 2. The molecule has 33 heavy (non-hydrogen) atoms. The molecule has 13 nitrogen and oxygen atoms in total. The summed E-state index contributed by atoms with van der Waals surface area (Å²) in [5, 5.41) is 32.6. The van der Waals surface area contributed by atoms with Crippen LogP contribution in [0.4, 0.5) is 17.3 Å². The maximum atomic E-state index is 12.7. The van der Waals surface area contributed by atoms with Crippen LogP contribution in [-0.4, -0.2) is 49.5 Å². The number of H-pyrrole nitrogens is 1. The average Bonchev–Trinajstić information content (AvgIpc) is 3.31. The fourth-order valence-electron chi connectivity index (χ4n) is 3.83. The highest BCUT2D eigenvalue weighted by Crippen LogP contribution is 2.42. The Hall–Kier alpha value is -4.81. The topological polar surface area (TPSA) is 163 Å². The van der Waals surface area contributed by atoms with Gasteiger partial charge in [0.1, 0.15) is 11.7 Å². The summed E-state index contributed by atoms with van der Waals surface area (Å²) in [5.74, 6) is 1.27. The lowest BCUT2D eigenvalue weighted by molar-refractivity contribution is -0.384. The highest BCUT2D eigenvalue weighted by Gasteiger charge is 2.34. The third kappa shape index (κ3) is 3.22. The number of hydrogen-bond acceptors (Lipinski definition) is 10. The first-order valence-corrected chi connectivity index (χ1v) is 9.66. The Labute approximate surface area is 185 Å². The molecule has 13 heteroatoms. The number of nitro groups is 1. The van der Waals surface area contributed by atoms with Gasteiger partial charge in [-0.15, -0.1) is 0 Å². The van der Waals surface area contributed by atoms with Gasteiger partial charge in [0.2, 0.25) is 5.95 Å². The Bertz CT molecular complexity index is 1430. The largest absolute Gasteiger partial charge is 0.493 e. The number of rotatable bonds is 5. The molecule has 0 spiro atoms. The van der Waals surface area contributed by atoms with Crippen molar-refractivity contribution < 1.29 is 14.4 Å². The van der Waals surface area contributed by atoms with Crippen molar-refractivity contribution in [3.63, 3.8) is 0 Å². The number of aromatic nitrogens is 6. The number of tetrazole rings is 1. The minimum atomic E-state index is -0.676. The summed E-state index contributed by atoms with van der Waals surface area (Å²) in [4.78, 5) is 23.4. The van der Waals surface area contributed by atoms with E-state index in [0.29, 0.717) is 33.9 Å². The van der Waals surface area contributed by atoms with Crippen LogP contribution < -0.4 is 20.3 Å². The van der Waals surface area contributed by atoms with Gasteiger partial charge in [-0.2, -0.15) is 9.78 Å². The van der Waals surface area contributed by atoms with Gasteiger partial charge < -0.3 is 14.8 Å². The molecule has 5 rings (SSSR count). The molecule has 2 aromatic carbocycles. The zero-order chi connectivity index (χ0) is 23.1. The lowest BCUT2D eigenvalue weighted by atomic mass is 9.92. The summed E-state index contributed by atoms with van der Waals surface area (Å²) in [6, 6.07) is 10.5. The standard InChI is InChI=1S/C20H16N8O5/c1-32-13-8-5-11(9-14(13)33-2)16-15-17(19(29)23-22-16)21-20-24-25-26-27(20)18(15)10-3-6-12(7-4-10)28(30)31/h3-9,18H,1-2H3,(H,23,29)(H,21,24,26)/t18-/m1/s1. The van der Waals surface area contributed by atoms with Gasteiger partial charge in [0, 0.05) is 23.3 Å². The predicted molar refractivity (Wildman–Crippen MR) is 115 cm³/mol. The van der Waals surface area contributed by atoms with Crippen LogP contribution >= 0.6 is 0 Å². The van der Waals surface area contributed by atoms with Crippen molar-refractivity contribution in [1.29, 1.82) is 0 Å². The van der Waals surface area contributed by atoms with E-state index in [4.69, 9.17) is 9.47 Å². The van der Waals surface area contributed by atoms with Crippen LogP contribution in [0.2, 0.25) is 0 Å². The summed E-state index contributed by atoms with van der Waals surface area (Å²) >= 11 is 0. The Morgan fingerprint density at radius 2 is 1.85 bits per heavy atom. The van der Waals surface area contributed by atoms with E-state index in [9.17, 15) is 14.9 Å². The summed E-state index contributed by atoms with van der Waals surface area (Å²) in [6.45, 7) is 0. The molecule has 0 saturated carbocycles. The number of non-ortho nitro benzene ring substituents is 1. The molecule has 2 aromatic heterocycles. The van der Waals surface area contributed by atoms with Crippen molar-refractivity contribution in [1.82, 2.24) is 30.4 Å². The fraction of sp³-hybridized carbons (Fsp3) is 0.150. The highest BCUT2D eigenvalue weighted by molar-refractivity contribution is 5.76. The van der Waals surface area contributed by atoms with Crippen LogP contribution in [0.15, 0.2) is 47.3 Å². The first-order valence-electron chi connectivity index (χ1n) is 9.66. The molecule has 0 aliphatic carbocycles. The fourth-order valence-corrected chi connectivity index (χ4v) is 3.83. The Balaban J connectivity index is 1.76. The van der Waals surface area contributed by atoms with Crippen molar-refractivity contribution in [3.8, 4) is 22.8 Å². The molecule has 0 amide bonds. The van der Waals surface area contributed by atoms with E-state index in [0.717, 1.165) is 0 Å². The number of hydrogen-bond donors (Lipinski definition) is 2. The van der Waals surface area contributed by atoms with Crippen LogP contribution in [0.25, 0.3) is 11.3 Å². The van der Waals surface area contributed by atoms with Crippen LogP contribution in [0.1, 0.15) is 17.2 Å². The van der Waals surface area contributed by atoms with Crippen molar-refractivity contribution in [2.24, 2.45) is 0 Å². The van der Waals surface area contributed by atoms with Gasteiger partial charge in [0.15, 0.2) is 11.5 Å². The number of fused-ring (bicyclic) bond motifs is 2. The normalized spacial score (nSPS) is 14.1. The monoisotopic (exact) mass is 448 g/mol. The van der Waals surface area contributed by atoms with E-state index in [1.807, 2.05) is 0 Å². The Kier molecular flexibility index (Phi) is 4.70. The average molecular weight is 448 g/mol. The van der Waals surface area contributed by atoms with Gasteiger partial charge >= 0.3 is 0 Å². The van der Waals surface area contributed by atoms with Crippen molar-refractivity contribution in [3.05, 3.63) is 74.1 Å². The molecule has 2 N–H and O–H groups in total. The molecule has 0 fully saturated rings. The lowest BCUT2D eigenvalue weighted by Crippen LogP contribution is -2.29. The third-order valence-corrected chi connectivity index (χ3v) is 5.35. The van der Waals surface area contributed by atoms with Crippen LogP contribution in [0.5, 0.6) is 11.5 Å². The van der Waals surface area contributed by atoms with E-state index >= 15 is 0 Å². The van der Waals surface area contributed by atoms with Gasteiger partial charge in [-0.25, -0.2) is 5.10 Å². The number of nitro benzene ring substituents is 1. The molecule has 1 aliphatic rings. The Morgan fingerprint density at radius 3 is 2.55 bits per heavy atom. The third-order valence-electron chi connectivity index (χ3n) is 5.35. The number of nitrogens with zero attached hydrogens (tertiary/aromatic N) is 6. The minimum absolute atomic E-state index is 0.0611. The number of anilines is 2. The molecule has 166 valence electrons. The minimum Gasteiger partial charge on any atom is -0.493 e. The van der Waals surface area contributed by atoms with E-state index in [1.165, 1.54) is 31.0 Å². The SMILES string of the molecule is COc1ccc(-c2n[nH]c(=O)c3c2[C@@H](c2ccc([N+](=O)[O-])cc2)n2nnnc2N3)cc1OC. The first-order chi connectivity index (χ1) is 16.0. The number of benzene rings is 2. The van der Waals surface area contributed by atoms with Crippen LogP contribution in [-0.2, 0) is 0 Å². The van der Waals surface area contributed by atoms with Crippen LogP contribution in [0, 0.1) is 10.1 Å². The van der Waals surface area contributed by atoms with Gasteiger partial charge in [0.05, 0.1) is 24.8 Å². The van der Waals surface area contributed by atoms with E-state index in [1.54, 1.807) is 30.3 Å². The van der Waals surface area contributed by atoms with Crippen molar-refractivity contribution >= 4 is 17.3 Å². The highest BCUT2D eigenvalue weighted by atomic mass is 16.6. The van der Waals surface area contributed by atoms with Gasteiger partial charge in [-0.05, 0) is 46.3 Å². The second-order valence-corrected chi connectivity index (χ2v) is 7.08. The van der Waals surface area contributed by atoms with Crippen LogP contribution in [0.3, 0.4) is 0 Å². The van der Waals surface area contributed by atoms with Gasteiger partial charge in [-0.1, -0.05) is 5.10 Å². The summed E-state index contributed by atoms with van der Waals surface area (Å²) in [5.41, 5.74) is 1.92. The zero-order valence-corrected chi connectivity index (χ0v) is 17.3. The van der Waals surface area contributed by atoms with Gasteiger partial charge in [-0.3, -0.25) is 14.9 Å². The zero-order valence-electron chi connectivity index (χ0n) is 17.3.